The van der Waals surface area contributed by atoms with Crippen LogP contribution < -0.4 is 4.74 Å². The summed E-state index contributed by atoms with van der Waals surface area (Å²) < 4.78 is 11.2. The van der Waals surface area contributed by atoms with Crippen molar-refractivity contribution in [3.63, 3.8) is 0 Å². The highest BCUT2D eigenvalue weighted by molar-refractivity contribution is 5.87. The molecule has 0 atom stereocenters. The zero-order valence-corrected chi connectivity index (χ0v) is 11.8. The van der Waals surface area contributed by atoms with Gasteiger partial charge in [0.1, 0.15) is 6.61 Å². The van der Waals surface area contributed by atoms with Crippen LogP contribution in [0.3, 0.4) is 0 Å². The molecule has 0 unspecified atom stereocenters. The first kappa shape index (κ1) is 14.8. The van der Waals surface area contributed by atoms with Gasteiger partial charge in [0, 0.05) is 12.0 Å². The number of aliphatic hydroxyl groups excluding tert-OH is 1. The van der Waals surface area contributed by atoms with E-state index in [1.807, 2.05) is 30.3 Å². The van der Waals surface area contributed by atoms with Crippen LogP contribution in [0, 0.1) is 0 Å². The fourth-order valence-electron chi connectivity index (χ4n) is 1.96. The highest BCUT2D eigenvalue weighted by Gasteiger charge is 2.06. The topological polar surface area (TPSA) is 51.6 Å². The van der Waals surface area contributed by atoms with Crippen molar-refractivity contribution in [2.45, 2.75) is 26.4 Å². The summed E-state index contributed by atoms with van der Waals surface area (Å²) >= 11 is 0. The molecule has 108 valence electrons. The first-order valence-electron chi connectivity index (χ1n) is 7.05. The van der Waals surface area contributed by atoms with Crippen LogP contribution in [-0.4, -0.2) is 29.9 Å². The van der Waals surface area contributed by atoms with Gasteiger partial charge in [0.2, 0.25) is 5.88 Å². The van der Waals surface area contributed by atoms with Gasteiger partial charge in [0.25, 0.3) is 0 Å². The van der Waals surface area contributed by atoms with Crippen molar-refractivity contribution in [1.82, 2.24) is 4.98 Å². The lowest BCUT2D eigenvalue weighted by Crippen LogP contribution is -2.09. The van der Waals surface area contributed by atoms with E-state index in [9.17, 15) is 5.11 Å². The lowest BCUT2D eigenvalue weighted by molar-refractivity contribution is 0.0969. The molecule has 4 nitrogen and oxygen atoms in total. The predicted octanol–water partition coefficient (Wildman–Crippen LogP) is 2.92. The van der Waals surface area contributed by atoms with E-state index < -0.39 is 0 Å². The van der Waals surface area contributed by atoms with Crippen molar-refractivity contribution in [3.8, 4) is 5.88 Å². The number of unbranched alkanes of at least 4 members (excludes halogenated alkanes) is 1. The molecule has 0 spiro atoms. The van der Waals surface area contributed by atoms with E-state index in [1.54, 1.807) is 0 Å². The van der Waals surface area contributed by atoms with Crippen molar-refractivity contribution >= 4 is 10.8 Å². The normalized spacial score (nSPS) is 10.9. The number of hydrogen-bond donors (Lipinski definition) is 1. The van der Waals surface area contributed by atoms with Gasteiger partial charge in [-0.2, -0.15) is 0 Å². The summed E-state index contributed by atoms with van der Waals surface area (Å²) in [6, 6.07) is 9.74. The minimum Gasteiger partial charge on any atom is -0.475 e. The molecule has 4 heteroatoms. The maximum Gasteiger partial charge on any atom is 0.221 e. The molecule has 0 saturated carbocycles. The van der Waals surface area contributed by atoms with E-state index >= 15 is 0 Å². The molecule has 0 aliphatic carbocycles. The standard InChI is InChI=1S/C16H21NO3/c1-2-3-8-19-9-10-20-16-15-7-5-4-6-13(15)11-14(12-18)17-16/h4-7,11,18H,2-3,8-10,12H2,1H3. The molecular weight excluding hydrogens is 254 g/mol. The molecule has 0 radical (unpaired) electrons. The molecule has 2 rings (SSSR count). The Bertz CT molecular complexity index is 542. The van der Waals surface area contributed by atoms with Crippen LogP contribution >= 0.6 is 0 Å². The quantitative estimate of drug-likeness (QED) is 0.753. The molecule has 20 heavy (non-hydrogen) atoms. The molecule has 0 saturated heterocycles. The smallest absolute Gasteiger partial charge is 0.221 e. The fraction of sp³-hybridized carbons (Fsp3) is 0.438. The molecule has 0 bridgehead atoms. The number of rotatable bonds is 8. The van der Waals surface area contributed by atoms with Gasteiger partial charge in [0.15, 0.2) is 0 Å². The summed E-state index contributed by atoms with van der Waals surface area (Å²) in [7, 11) is 0. The molecule has 0 aliphatic heterocycles. The van der Waals surface area contributed by atoms with Gasteiger partial charge >= 0.3 is 0 Å². The number of ether oxygens (including phenoxy) is 2. The Hall–Kier alpha value is -1.65. The van der Waals surface area contributed by atoms with E-state index in [0.717, 1.165) is 30.2 Å². The van der Waals surface area contributed by atoms with Crippen LogP contribution in [-0.2, 0) is 11.3 Å². The summed E-state index contributed by atoms with van der Waals surface area (Å²) in [6.45, 7) is 3.84. The van der Waals surface area contributed by atoms with Crippen LogP contribution in [0.25, 0.3) is 10.8 Å². The van der Waals surface area contributed by atoms with Gasteiger partial charge in [-0.3, -0.25) is 0 Å². The fourth-order valence-corrected chi connectivity index (χ4v) is 1.96. The maximum absolute atomic E-state index is 9.25. The molecule has 0 fully saturated rings. The van der Waals surface area contributed by atoms with E-state index in [2.05, 4.69) is 11.9 Å². The van der Waals surface area contributed by atoms with Crippen molar-refractivity contribution in [1.29, 1.82) is 0 Å². The largest absolute Gasteiger partial charge is 0.475 e. The van der Waals surface area contributed by atoms with Crippen LogP contribution in [0.2, 0.25) is 0 Å². The summed E-state index contributed by atoms with van der Waals surface area (Å²) in [6.07, 6.45) is 2.20. The van der Waals surface area contributed by atoms with Crippen LogP contribution in [0.15, 0.2) is 30.3 Å². The minimum atomic E-state index is -0.0891. The lowest BCUT2D eigenvalue weighted by atomic mass is 10.1. The second kappa shape index (κ2) is 7.82. The summed E-state index contributed by atoms with van der Waals surface area (Å²) in [5.74, 6) is 0.561. The van der Waals surface area contributed by atoms with Crippen molar-refractivity contribution in [3.05, 3.63) is 36.0 Å². The number of benzene rings is 1. The van der Waals surface area contributed by atoms with Gasteiger partial charge in [-0.25, -0.2) is 4.98 Å². The number of nitrogens with zero attached hydrogens (tertiary/aromatic N) is 1. The highest BCUT2D eigenvalue weighted by atomic mass is 16.5. The number of aliphatic hydroxyl groups is 1. The molecule has 0 amide bonds. The second-order valence-electron chi connectivity index (χ2n) is 4.61. The van der Waals surface area contributed by atoms with Crippen molar-refractivity contribution in [2.24, 2.45) is 0 Å². The monoisotopic (exact) mass is 275 g/mol. The number of hydrogen-bond acceptors (Lipinski definition) is 4. The Labute approximate surface area is 119 Å². The maximum atomic E-state index is 9.25. The first-order chi connectivity index (χ1) is 9.85. The summed E-state index contributed by atoms with van der Waals surface area (Å²) in [5.41, 5.74) is 0.616. The van der Waals surface area contributed by atoms with E-state index in [4.69, 9.17) is 9.47 Å². The van der Waals surface area contributed by atoms with Gasteiger partial charge in [-0.1, -0.05) is 31.5 Å². The van der Waals surface area contributed by atoms with E-state index in [-0.39, 0.29) is 6.61 Å². The Morgan fingerprint density at radius 1 is 1.15 bits per heavy atom. The Kier molecular flexibility index (Phi) is 5.77. The summed E-state index contributed by atoms with van der Waals surface area (Å²) in [5, 5.41) is 11.2. The van der Waals surface area contributed by atoms with Crippen molar-refractivity contribution in [2.75, 3.05) is 19.8 Å². The SMILES string of the molecule is CCCCOCCOc1nc(CO)cc2ccccc12. The molecule has 1 aromatic carbocycles. The Morgan fingerprint density at radius 3 is 2.80 bits per heavy atom. The molecule has 1 heterocycles. The summed E-state index contributed by atoms with van der Waals surface area (Å²) in [4.78, 5) is 4.33. The third kappa shape index (κ3) is 3.92. The van der Waals surface area contributed by atoms with E-state index in [0.29, 0.717) is 24.8 Å². The van der Waals surface area contributed by atoms with Crippen LogP contribution in [0.4, 0.5) is 0 Å². The number of pyridine rings is 1. The lowest BCUT2D eigenvalue weighted by Gasteiger charge is -2.10. The first-order valence-corrected chi connectivity index (χ1v) is 7.05. The molecule has 0 aliphatic rings. The second-order valence-corrected chi connectivity index (χ2v) is 4.61. The number of aromatic nitrogens is 1. The molecule has 1 aromatic heterocycles. The molecule has 1 N–H and O–H groups in total. The molecule has 2 aromatic rings. The Morgan fingerprint density at radius 2 is 2.00 bits per heavy atom. The minimum absolute atomic E-state index is 0.0891. The zero-order chi connectivity index (χ0) is 14.2. The number of fused-ring (bicyclic) bond motifs is 1. The zero-order valence-electron chi connectivity index (χ0n) is 11.8. The highest BCUT2D eigenvalue weighted by Crippen LogP contribution is 2.24. The van der Waals surface area contributed by atoms with Gasteiger partial charge in [-0.15, -0.1) is 0 Å². The Balaban J connectivity index is 2.01. The third-order valence-electron chi connectivity index (χ3n) is 3.03. The van der Waals surface area contributed by atoms with E-state index in [1.165, 1.54) is 0 Å². The predicted molar refractivity (Wildman–Crippen MR) is 78.9 cm³/mol. The molecular formula is C16H21NO3. The van der Waals surface area contributed by atoms with Gasteiger partial charge in [-0.05, 0) is 23.9 Å². The van der Waals surface area contributed by atoms with Crippen molar-refractivity contribution < 1.29 is 14.6 Å². The third-order valence-corrected chi connectivity index (χ3v) is 3.03. The van der Waals surface area contributed by atoms with Crippen LogP contribution in [0.5, 0.6) is 5.88 Å². The van der Waals surface area contributed by atoms with Crippen LogP contribution in [0.1, 0.15) is 25.5 Å². The average Bonchev–Trinajstić information content (AvgIpc) is 2.50. The van der Waals surface area contributed by atoms with Gasteiger partial charge < -0.3 is 14.6 Å². The van der Waals surface area contributed by atoms with Gasteiger partial charge in [0.05, 0.1) is 18.9 Å². The average molecular weight is 275 g/mol.